The summed E-state index contributed by atoms with van der Waals surface area (Å²) < 4.78 is 10.8. The van der Waals surface area contributed by atoms with Gasteiger partial charge in [-0.25, -0.2) is 9.97 Å². The van der Waals surface area contributed by atoms with E-state index in [-0.39, 0.29) is 5.41 Å². The van der Waals surface area contributed by atoms with Crippen molar-refractivity contribution in [3.05, 3.63) is 11.9 Å². The van der Waals surface area contributed by atoms with Gasteiger partial charge >= 0.3 is 0 Å². The van der Waals surface area contributed by atoms with Gasteiger partial charge in [0, 0.05) is 31.2 Å². The van der Waals surface area contributed by atoms with Crippen molar-refractivity contribution < 1.29 is 9.47 Å². The number of ether oxygens (including phenoxy) is 2. The van der Waals surface area contributed by atoms with Gasteiger partial charge in [0.25, 0.3) is 0 Å². The van der Waals surface area contributed by atoms with E-state index in [2.05, 4.69) is 29.1 Å². The van der Waals surface area contributed by atoms with Crippen LogP contribution < -0.4 is 11.1 Å². The maximum absolute atomic E-state index is 5.80. The molecule has 6 nitrogen and oxygen atoms in total. The summed E-state index contributed by atoms with van der Waals surface area (Å²) in [5.41, 5.74) is 5.88. The Balaban J connectivity index is 2.04. The number of rotatable bonds is 6. The first-order valence-corrected chi connectivity index (χ1v) is 6.97. The molecule has 0 spiro atoms. The lowest BCUT2D eigenvalue weighted by molar-refractivity contribution is -0.0976. The van der Waals surface area contributed by atoms with Crippen LogP contribution in [0.25, 0.3) is 0 Å². The molecule has 2 rings (SSSR count). The van der Waals surface area contributed by atoms with Gasteiger partial charge in [0.1, 0.15) is 18.2 Å². The molecular weight excluding hydrogens is 256 g/mol. The summed E-state index contributed by atoms with van der Waals surface area (Å²) in [4.78, 5) is 8.55. The second-order valence-electron chi connectivity index (χ2n) is 5.73. The number of hydrogen-bond acceptors (Lipinski definition) is 6. The topological polar surface area (TPSA) is 82.3 Å². The van der Waals surface area contributed by atoms with Gasteiger partial charge in [0.05, 0.1) is 6.10 Å². The van der Waals surface area contributed by atoms with Crippen LogP contribution in [-0.4, -0.2) is 35.8 Å². The van der Waals surface area contributed by atoms with Gasteiger partial charge in [-0.2, -0.15) is 0 Å². The molecule has 1 aromatic heterocycles. The average Bonchev–Trinajstić information content (AvgIpc) is 2.37. The zero-order valence-corrected chi connectivity index (χ0v) is 12.6. The van der Waals surface area contributed by atoms with Gasteiger partial charge in [-0.15, -0.1) is 0 Å². The van der Waals surface area contributed by atoms with Crippen molar-refractivity contribution in [3.63, 3.8) is 0 Å². The molecule has 6 heteroatoms. The summed E-state index contributed by atoms with van der Waals surface area (Å²) in [5.74, 6) is 1.79. The molecule has 1 aliphatic carbocycles. The van der Waals surface area contributed by atoms with Crippen LogP contribution in [0, 0.1) is 5.41 Å². The molecule has 112 valence electrons. The van der Waals surface area contributed by atoms with E-state index in [4.69, 9.17) is 15.2 Å². The van der Waals surface area contributed by atoms with Crippen LogP contribution in [0.15, 0.2) is 6.07 Å². The lowest BCUT2D eigenvalue weighted by Gasteiger charge is -2.51. The molecule has 1 aliphatic rings. The van der Waals surface area contributed by atoms with E-state index in [0.717, 1.165) is 18.8 Å². The van der Waals surface area contributed by atoms with Crippen molar-refractivity contribution in [3.8, 4) is 0 Å². The summed E-state index contributed by atoms with van der Waals surface area (Å²) in [6.07, 6.45) is 1.27. The van der Waals surface area contributed by atoms with E-state index in [1.54, 1.807) is 13.2 Å². The highest BCUT2D eigenvalue weighted by molar-refractivity contribution is 5.46. The number of nitrogens with one attached hydrogen (secondary N) is 1. The minimum absolute atomic E-state index is 0.0805. The third-order valence-electron chi connectivity index (χ3n) is 3.93. The van der Waals surface area contributed by atoms with Gasteiger partial charge in [-0.05, 0) is 13.3 Å². The standard InChI is InChI=1S/C14H24N4O2/c1-5-20-10-6-9(14(10,2)3)16-12-7-11(15)17-13(18-12)8-19-4/h7,9-10H,5-6,8H2,1-4H3,(H3,15,16,17,18). The van der Waals surface area contributed by atoms with E-state index in [1.807, 2.05) is 6.92 Å². The molecule has 0 bridgehead atoms. The highest BCUT2D eigenvalue weighted by Crippen LogP contribution is 2.44. The number of nitrogens with two attached hydrogens (primary N) is 1. The molecule has 1 heterocycles. The molecule has 1 saturated carbocycles. The second kappa shape index (κ2) is 5.93. The number of nitrogens with zero attached hydrogens (tertiary/aromatic N) is 2. The van der Waals surface area contributed by atoms with E-state index in [0.29, 0.717) is 30.4 Å². The number of nitrogen functional groups attached to an aromatic ring is 1. The summed E-state index contributed by atoms with van der Waals surface area (Å²) in [6.45, 7) is 7.54. The smallest absolute Gasteiger partial charge is 0.158 e. The number of methoxy groups -OCH3 is 1. The molecule has 20 heavy (non-hydrogen) atoms. The van der Waals surface area contributed by atoms with E-state index < -0.39 is 0 Å². The Morgan fingerprint density at radius 3 is 2.80 bits per heavy atom. The molecule has 1 aromatic rings. The first-order valence-electron chi connectivity index (χ1n) is 6.97. The molecule has 1 fully saturated rings. The van der Waals surface area contributed by atoms with E-state index in [1.165, 1.54) is 0 Å². The van der Waals surface area contributed by atoms with Crippen molar-refractivity contribution in [2.45, 2.75) is 45.9 Å². The second-order valence-corrected chi connectivity index (χ2v) is 5.73. The quantitative estimate of drug-likeness (QED) is 0.827. The van der Waals surface area contributed by atoms with Crippen LogP contribution in [0.1, 0.15) is 33.0 Å². The molecule has 0 radical (unpaired) electrons. The number of anilines is 2. The van der Waals surface area contributed by atoms with Gasteiger partial charge < -0.3 is 20.5 Å². The van der Waals surface area contributed by atoms with Crippen molar-refractivity contribution in [1.82, 2.24) is 9.97 Å². The Kier molecular flexibility index (Phi) is 4.45. The number of aromatic nitrogens is 2. The lowest BCUT2D eigenvalue weighted by atomic mass is 9.64. The average molecular weight is 280 g/mol. The molecule has 2 atom stereocenters. The molecule has 0 aromatic carbocycles. The first kappa shape index (κ1) is 15.0. The monoisotopic (exact) mass is 280 g/mol. The largest absolute Gasteiger partial charge is 0.384 e. The van der Waals surface area contributed by atoms with Crippen molar-refractivity contribution in [2.75, 3.05) is 24.8 Å². The summed E-state index contributed by atoms with van der Waals surface area (Å²) in [6, 6.07) is 2.08. The zero-order valence-electron chi connectivity index (χ0n) is 12.6. The Hall–Kier alpha value is -1.40. The van der Waals surface area contributed by atoms with Crippen LogP contribution in [0.5, 0.6) is 0 Å². The Labute approximate surface area is 120 Å². The van der Waals surface area contributed by atoms with Crippen LogP contribution in [0.2, 0.25) is 0 Å². The van der Waals surface area contributed by atoms with Crippen molar-refractivity contribution in [1.29, 1.82) is 0 Å². The highest BCUT2D eigenvalue weighted by atomic mass is 16.5. The van der Waals surface area contributed by atoms with Crippen LogP contribution in [0.4, 0.5) is 11.6 Å². The number of hydrogen-bond donors (Lipinski definition) is 2. The normalized spacial score (nSPS) is 24.2. The van der Waals surface area contributed by atoms with Gasteiger partial charge in [-0.1, -0.05) is 13.8 Å². The molecule has 2 unspecified atom stereocenters. The highest BCUT2D eigenvalue weighted by Gasteiger charge is 2.49. The van der Waals surface area contributed by atoms with Gasteiger partial charge in [-0.3, -0.25) is 0 Å². The predicted molar refractivity (Wildman–Crippen MR) is 78.4 cm³/mol. The minimum atomic E-state index is 0.0805. The summed E-state index contributed by atoms with van der Waals surface area (Å²) in [5, 5.41) is 3.43. The first-order chi connectivity index (χ1) is 9.47. The Morgan fingerprint density at radius 1 is 1.45 bits per heavy atom. The molecule has 3 N–H and O–H groups in total. The molecule has 0 saturated heterocycles. The Bertz CT molecular complexity index is 464. The fraction of sp³-hybridized carbons (Fsp3) is 0.714. The maximum atomic E-state index is 5.80. The van der Waals surface area contributed by atoms with Crippen molar-refractivity contribution in [2.24, 2.45) is 5.41 Å². The molecule has 0 amide bonds. The summed E-state index contributed by atoms with van der Waals surface area (Å²) in [7, 11) is 1.61. The SMILES string of the molecule is CCOC1CC(Nc2cc(N)nc(COC)n2)C1(C)C. The fourth-order valence-electron chi connectivity index (χ4n) is 2.58. The third kappa shape index (κ3) is 3.02. The fourth-order valence-corrected chi connectivity index (χ4v) is 2.58. The van der Waals surface area contributed by atoms with Gasteiger partial charge in [0.2, 0.25) is 0 Å². The van der Waals surface area contributed by atoms with Crippen LogP contribution >= 0.6 is 0 Å². The van der Waals surface area contributed by atoms with Gasteiger partial charge in [0.15, 0.2) is 5.82 Å². The molecule has 0 aliphatic heterocycles. The lowest BCUT2D eigenvalue weighted by Crippen LogP contribution is -2.58. The minimum Gasteiger partial charge on any atom is -0.384 e. The zero-order chi connectivity index (χ0) is 14.8. The molecular formula is C14H24N4O2. The van der Waals surface area contributed by atoms with E-state index in [9.17, 15) is 0 Å². The predicted octanol–water partition coefficient (Wildman–Crippen LogP) is 1.82. The maximum Gasteiger partial charge on any atom is 0.158 e. The third-order valence-corrected chi connectivity index (χ3v) is 3.93. The van der Waals surface area contributed by atoms with E-state index >= 15 is 0 Å². The summed E-state index contributed by atoms with van der Waals surface area (Å²) >= 11 is 0. The Morgan fingerprint density at radius 2 is 2.20 bits per heavy atom. The van der Waals surface area contributed by atoms with Crippen molar-refractivity contribution >= 4 is 11.6 Å². The van der Waals surface area contributed by atoms with Crippen LogP contribution in [-0.2, 0) is 16.1 Å². The van der Waals surface area contributed by atoms with Crippen LogP contribution in [0.3, 0.4) is 0 Å².